The van der Waals surface area contributed by atoms with Crippen LogP contribution in [0.5, 0.6) is 0 Å². The molecule has 1 aromatic carbocycles. The standard InChI is InChI=1S/C18H23ClN4O4/c1-25-8-6-21-17-15(18(24)23-7-9-26-14(10-20)11-23)16(27-22-17)12-2-4-13(19)5-3-12/h2-5,14H,6-11,20H2,1H3,(H,21,22). The van der Waals surface area contributed by atoms with E-state index in [2.05, 4.69) is 10.5 Å². The molecule has 1 aliphatic rings. The number of nitrogens with two attached hydrogens (primary N) is 1. The van der Waals surface area contributed by atoms with Gasteiger partial charge < -0.3 is 29.9 Å². The van der Waals surface area contributed by atoms with Crippen LogP contribution in [0.15, 0.2) is 28.8 Å². The number of anilines is 1. The Labute approximate surface area is 162 Å². The second-order valence-corrected chi connectivity index (χ2v) is 6.58. The van der Waals surface area contributed by atoms with Gasteiger partial charge in [0.25, 0.3) is 5.91 Å². The van der Waals surface area contributed by atoms with Gasteiger partial charge in [-0.05, 0) is 24.3 Å². The number of carbonyl (C=O) groups excluding carboxylic acids is 1. The molecule has 0 bridgehead atoms. The molecule has 146 valence electrons. The smallest absolute Gasteiger partial charge is 0.261 e. The molecule has 1 amide bonds. The number of hydrogen-bond donors (Lipinski definition) is 2. The van der Waals surface area contributed by atoms with E-state index >= 15 is 0 Å². The van der Waals surface area contributed by atoms with Gasteiger partial charge in [-0.15, -0.1) is 0 Å². The lowest BCUT2D eigenvalue weighted by molar-refractivity contribution is -0.0167. The Balaban J connectivity index is 1.92. The normalized spacial score (nSPS) is 17.1. The summed E-state index contributed by atoms with van der Waals surface area (Å²) in [7, 11) is 1.61. The van der Waals surface area contributed by atoms with E-state index in [4.69, 9.17) is 31.3 Å². The Kier molecular flexibility index (Phi) is 6.68. The van der Waals surface area contributed by atoms with Crippen molar-refractivity contribution in [2.45, 2.75) is 6.10 Å². The van der Waals surface area contributed by atoms with E-state index in [-0.39, 0.29) is 12.0 Å². The summed E-state index contributed by atoms with van der Waals surface area (Å²) in [5, 5.41) is 7.77. The largest absolute Gasteiger partial charge is 0.383 e. The molecule has 9 heteroatoms. The lowest BCUT2D eigenvalue weighted by atomic mass is 10.1. The van der Waals surface area contributed by atoms with E-state index in [1.165, 1.54) is 0 Å². The summed E-state index contributed by atoms with van der Waals surface area (Å²) in [5.41, 5.74) is 6.80. The van der Waals surface area contributed by atoms with Crippen LogP contribution in [0, 0.1) is 0 Å². The molecule has 8 nitrogen and oxygen atoms in total. The van der Waals surface area contributed by atoms with Gasteiger partial charge in [-0.2, -0.15) is 0 Å². The minimum absolute atomic E-state index is 0.175. The first-order valence-corrected chi connectivity index (χ1v) is 9.11. The van der Waals surface area contributed by atoms with Crippen LogP contribution in [0.1, 0.15) is 10.4 Å². The van der Waals surface area contributed by atoms with E-state index < -0.39 is 0 Å². The minimum atomic E-state index is -0.178. The zero-order chi connectivity index (χ0) is 19.2. The highest BCUT2D eigenvalue weighted by Crippen LogP contribution is 2.31. The monoisotopic (exact) mass is 394 g/mol. The van der Waals surface area contributed by atoms with E-state index in [1.807, 2.05) is 0 Å². The van der Waals surface area contributed by atoms with E-state index in [1.54, 1.807) is 36.3 Å². The van der Waals surface area contributed by atoms with Crippen LogP contribution in [0.25, 0.3) is 11.3 Å². The molecule has 1 aliphatic heterocycles. The fourth-order valence-electron chi connectivity index (χ4n) is 2.88. The number of amides is 1. The molecule has 1 atom stereocenters. The highest BCUT2D eigenvalue weighted by Gasteiger charge is 2.31. The number of hydrogen-bond acceptors (Lipinski definition) is 7. The predicted molar refractivity (Wildman–Crippen MR) is 102 cm³/mol. The first kappa shape index (κ1) is 19.6. The van der Waals surface area contributed by atoms with Crippen molar-refractivity contribution in [1.82, 2.24) is 10.1 Å². The van der Waals surface area contributed by atoms with Crippen molar-refractivity contribution in [3.63, 3.8) is 0 Å². The van der Waals surface area contributed by atoms with Gasteiger partial charge in [0.05, 0.1) is 19.3 Å². The van der Waals surface area contributed by atoms with Gasteiger partial charge in [0, 0.05) is 43.9 Å². The van der Waals surface area contributed by atoms with Gasteiger partial charge >= 0.3 is 0 Å². The van der Waals surface area contributed by atoms with E-state index in [0.29, 0.717) is 61.6 Å². The average molecular weight is 395 g/mol. The van der Waals surface area contributed by atoms with Crippen LogP contribution >= 0.6 is 11.6 Å². The number of aromatic nitrogens is 1. The second kappa shape index (κ2) is 9.18. The number of morpholine rings is 1. The third-order valence-corrected chi connectivity index (χ3v) is 4.55. The lowest BCUT2D eigenvalue weighted by Crippen LogP contribution is -2.48. The molecule has 0 saturated carbocycles. The van der Waals surface area contributed by atoms with Crippen molar-refractivity contribution in [1.29, 1.82) is 0 Å². The zero-order valence-corrected chi connectivity index (χ0v) is 15.9. The first-order chi connectivity index (χ1) is 13.1. The van der Waals surface area contributed by atoms with Gasteiger partial charge in [0.1, 0.15) is 5.56 Å². The maximum absolute atomic E-state index is 13.3. The van der Waals surface area contributed by atoms with Gasteiger partial charge in [0.15, 0.2) is 11.6 Å². The Morgan fingerprint density at radius 2 is 2.22 bits per heavy atom. The highest BCUT2D eigenvalue weighted by molar-refractivity contribution is 6.30. The van der Waals surface area contributed by atoms with Gasteiger partial charge in [-0.1, -0.05) is 16.8 Å². The molecule has 2 aromatic rings. The molecule has 0 aliphatic carbocycles. The Morgan fingerprint density at radius 3 is 2.93 bits per heavy atom. The average Bonchev–Trinajstić information content (AvgIpc) is 3.12. The van der Waals surface area contributed by atoms with E-state index in [0.717, 1.165) is 5.56 Å². The summed E-state index contributed by atoms with van der Waals surface area (Å²) in [5.74, 6) is 0.605. The quantitative estimate of drug-likeness (QED) is 0.691. The number of benzene rings is 1. The van der Waals surface area contributed by atoms with Crippen molar-refractivity contribution in [3.05, 3.63) is 34.9 Å². The molecule has 3 N–H and O–H groups in total. The lowest BCUT2D eigenvalue weighted by Gasteiger charge is -2.32. The SMILES string of the molecule is COCCNc1noc(-c2ccc(Cl)cc2)c1C(=O)N1CCOC(CN)C1. The first-order valence-electron chi connectivity index (χ1n) is 8.73. The molecule has 3 rings (SSSR count). The molecule has 2 heterocycles. The van der Waals surface area contributed by atoms with Crippen LogP contribution in [0.2, 0.25) is 5.02 Å². The summed E-state index contributed by atoms with van der Waals surface area (Å²) in [6.07, 6.45) is -0.175. The van der Waals surface area contributed by atoms with Crippen LogP contribution in [-0.4, -0.2) is 68.6 Å². The highest BCUT2D eigenvalue weighted by atomic mass is 35.5. The van der Waals surface area contributed by atoms with Crippen molar-refractivity contribution >= 4 is 23.3 Å². The van der Waals surface area contributed by atoms with Crippen molar-refractivity contribution < 1.29 is 18.8 Å². The maximum Gasteiger partial charge on any atom is 0.261 e. The number of halogens is 1. The Hall–Kier alpha value is -2.13. The topological polar surface area (TPSA) is 103 Å². The van der Waals surface area contributed by atoms with E-state index in [9.17, 15) is 4.79 Å². The summed E-state index contributed by atoms with van der Waals surface area (Å²) in [6, 6.07) is 7.07. The van der Waals surface area contributed by atoms with Crippen LogP contribution in [0.4, 0.5) is 5.82 Å². The molecular formula is C18H23ClN4O4. The number of methoxy groups -OCH3 is 1. The number of carbonyl (C=O) groups is 1. The third kappa shape index (κ3) is 4.59. The second-order valence-electron chi connectivity index (χ2n) is 6.14. The summed E-state index contributed by atoms with van der Waals surface area (Å²) >= 11 is 5.97. The summed E-state index contributed by atoms with van der Waals surface area (Å²) < 4.78 is 16.1. The number of rotatable bonds is 7. The molecule has 1 saturated heterocycles. The molecule has 1 aromatic heterocycles. The molecular weight excluding hydrogens is 372 g/mol. The maximum atomic E-state index is 13.3. The number of nitrogens with zero attached hydrogens (tertiary/aromatic N) is 2. The van der Waals surface area contributed by atoms with Crippen molar-refractivity contribution in [3.8, 4) is 11.3 Å². The third-order valence-electron chi connectivity index (χ3n) is 4.30. The molecule has 27 heavy (non-hydrogen) atoms. The molecule has 1 unspecified atom stereocenters. The minimum Gasteiger partial charge on any atom is -0.383 e. The molecule has 1 fully saturated rings. The van der Waals surface area contributed by atoms with Gasteiger partial charge in [0.2, 0.25) is 0 Å². The van der Waals surface area contributed by atoms with Crippen molar-refractivity contribution in [2.24, 2.45) is 5.73 Å². The molecule has 0 radical (unpaired) electrons. The summed E-state index contributed by atoms with van der Waals surface area (Å²) in [4.78, 5) is 15.0. The zero-order valence-electron chi connectivity index (χ0n) is 15.1. The van der Waals surface area contributed by atoms with Crippen LogP contribution < -0.4 is 11.1 Å². The van der Waals surface area contributed by atoms with Crippen LogP contribution in [-0.2, 0) is 9.47 Å². The fraction of sp³-hybridized carbons (Fsp3) is 0.444. The van der Waals surface area contributed by atoms with Gasteiger partial charge in [-0.25, -0.2) is 0 Å². The predicted octanol–water partition coefficient (Wildman–Crippen LogP) is 1.85. The number of nitrogens with one attached hydrogen (secondary N) is 1. The summed E-state index contributed by atoms with van der Waals surface area (Å²) in [6.45, 7) is 2.69. The fourth-order valence-corrected chi connectivity index (χ4v) is 3.01. The molecule has 0 spiro atoms. The van der Waals surface area contributed by atoms with Crippen LogP contribution in [0.3, 0.4) is 0 Å². The van der Waals surface area contributed by atoms with Crippen molar-refractivity contribution in [2.75, 3.05) is 51.8 Å². The Bertz CT molecular complexity index is 765. The van der Waals surface area contributed by atoms with Gasteiger partial charge in [-0.3, -0.25) is 4.79 Å². The number of ether oxygens (including phenoxy) is 2. The Morgan fingerprint density at radius 1 is 1.44 bits per heavy atom.